The van der Waals surface area contributed by atoms with E-state index in [4.69, 9.17) is 0 Å². The lowest BCUT2D eigenvalue weighted by Gasteiger charge is -2.39. The molecule has 0 N–H and O–H groups in total. The van der Waals surface area contributed by atoms with E-state index in [1.807, 2.05) is 24.3 Å². The molecule has 1 aromatic carbocycles. The van der Waals surface area contributed by atoms with Crippen LogP contribution in [0.1, 0.15) is 27.2 Å². The van der Waals surface area contributed by atoms with Crippen molar-refractivity contribution in [3.8, 4) is 0 Å². The molecule has 4 heteroatoms. The first kappa shape index (κ1) is 16.2. The maximum Gasteiger partial charge on any atom is 0.0812 e. The van der Waals surface area contributed by atoms with Gasteiger partial charge in [-0.05, 0) is 36.1 Å². The van der Waals surface area contributed by atoms with E-state index >= 15 is 0 Å². The van der Waals surface area contributed by atoms with Gasteiger partial charge in [0.05, 0.1) is 12.1 Å². The van der Waals surface area contributed by atoms with Gasteiger partial charge in [0.2, 0.25) is 0 Å². The van der Waals surface area contributed by atoms with Gasteiger partial charge in [0.25, 0.3) is 0 Å². The third-order valence-electron chi connectivity index (χ3n) is 3.75. The fourth-order valence-electron chi connectivity index (χ4n) is 2.71. The van der Waals surface area contributed by atoms with E-state index in [1.54, 1.807) is 0 Å². The molecule has 1 heterocycles. The molecular weight excluding hydrogens is 283 g/mol. The first-order valence-electron chi connectivity index (χ1n) is 7.45. The number of hydrogen-bond donors (Lipinski definition) is 0. The average molecular weight is 308 g/mol. The Kier molecular flexibility index (Phi) is 5.20. The molecule has 1 aliphatic heterocycles. The molecule has 1 aliphatic rings. The predicted octanol–water partition coefficient (Wildman–Crippen LogP) is 4.74. The number of piperazine rings is 1. The van der Waals surface area contributed by atoms with Gasteiger partial charge < -0.3 is 9.80 Å². The Hall–Kier alpha value is -1.16. The Morgan fingerprint density at radius 1 is 1.14 bits per heavy atom. The molecule has 0 radical (unpaired) electrons. The van der Waals surface area contributed by atoms with Crippen LogP contribution in [0.2, 0.25) is 0 Å². The summed E-state index contributed by atoms with van der Waals surface area (Å²) in [5.41, 5.74) is 2.70. The Morgan fingerprint density at radius 2 is 1.71 bits per heavy atom. The van der Waals surface area contributed by atoms with Crippen LogP contribution >= 0.6 is 12.1 Å². The van der Waals surface area contributed by atoms with Gasteiger partial charge in [-0.3, -0.25) is 0 Å². The summed E-state index contributed by atoms with van der Waals surface area (Å²) in [6, 6.07) is 7.68. The van der Waals surface area contributed by atoms with Gasteiger partial charge in [-0.2, -0.15) is 3.89 Å². The van der Waals surface area contributed by atoms with Gasteiger partial charge in [0.15, 0.2) is 0 Å². The van der Waals surface area contributed by atoms with Crippen molar-refractivity contribution < 1.29 is 3.89 Å². The zero-order chi connectivity index (χ0) is 15.5. The maximum absolute atomic E-state index is 12.5. The van der Waals surface area contributed by atoms with Crippen molar-refractivity contribution in [1.82, 2.24) is 4.90 Å². The molecule has 0 unspecified atom stereocenters. The van der Waals surface area contributed by atoms with Crippen molar-refractivity contribution in [2.24, 2.45) is 5.41 Å². The SMILES string of the molecule is C=C(CC(C)(C)C)N1CCN(c2ccc(SF)cc2)CC1. The van der Waals surface area contributed by atoms with Crippen molar-refractivity contribution in [2.75, 3.05) is 31.1 Å². The lowest BCUT2D eigenvalue weighted by molar-refractivity contribution is 0.277. The van der Waals surface area contributed by atoms with Crippen molar-refractivity contribution in [3.63, 3.8) is 0 Å². The fourth-order valence-corrected chi connectivity index (χ4v) is 2.95. The zero-order valence-electron chi connectivity index (χ0n) is 13.2. The van der Waals surface area contributed by atoms with Gasteiger partial charge in [-0.1, -0.05) is 27.4 Å². The number of nitrogens with zero attached hydrogens (tertiary/aromatic N) is 2. The van der Waals surface area contributed by atoms with E-state index in [2.05, 4.69) is 37.1 Å². The summed E-state index contributed by atoms with van der Waals surface area (Å²) >= 11 is 0.295. The van der Waals surface area contributed by atoms with Gasteiger partial charge >= 0.3 is 0 Å². The molecule has 0 amide bonds. The lowest BCUT2D eigenvalue weighted by Crippen LogP contribution is -2.46. The molecule has 116 valence electrons. The third-order valence-corrected chi connectivity index (χ3v) is 4.20. The summed E-state index contributed by atoms with van der Waals surface area (Å²) in [4.78, 5) is 5.41. The predicted molar refractivity (Wildman–Crippen MR) is 90.4 cm³/mol. The maximum atomic E-state index is 12.5. The highest BCUT2D eigenvalue weighted by Gasteiger charge is 2.21. The summed E-state index contributed by atoms with van der Waals surface area (Å²) in [5, 5.41) is 0. The molecule has 2 rings (SSSR count). The summed E-state index contributed by atoms with van der Waals surface area (Å²) in [5.74, 6) is 0. The molecule has 0 spiro atoms. The number of halogens is 1. The number of anilines is 1. The van der Waals surface area contributed by atoms with E-state index in [0.29, 0.717) is 17.0 Å². The molecule has 2 nitrogen and oxygen atoms in total. The smallest absolute Gasteiger partial charge is 0.0812 e. The highest BCUT2D eigenvalue weighted by Crippen LogP contribution is 2.27. The quantitative estimate of drug-likeness (QED) is 0.793. The molecule has 0 atom stereocenters. The standard InChI is InChI=1S/C17H25FN2S/c1-14(13-17(2,3)4)19-9-11-20(12-10-19)15-5-7-16(21-18)8-6-15/h5-8H,1,9-13H2,2-4H3. The van der Waals surface area contributed by atoms with Crippen molar-refractivity contribution in [3.05, 3.63) is 36.5 Å². The largest absolute Gasteiger partial charge is 0.372 e. The Balaban J connectivity index is 1.89. The van der Waals surface area contributed by atoms with E-state index < -0.39 is 0 Å². The third kappa shape index (κ3) is 4.67. The first-order chi connectivity index (χ1) is 9.89. The van der Waals surface area contributed by atoms with Crippen molar-refractivity contribution in [2.45, 2.75) is 32.1 Å². The van der Waals surface area contributed by atoms with Crippen LogP contribution < -0.4 is 4.90 Å². The van der Waals surface area contributed by atoms with Crippen LogP contribution in [0.5, 0.6) is 0 Å². The summed E-state index contributed by atoms with van der Waals surface area (Å²) in [7, 11) is 0. The minimum atomic E-state index is 0.286. The Morgan fingerprint density at radius 3 is 2.19 bits per heavy atom. The molecule has 0 saturated carbocycles. The van der Waals surface area contributed by atoms with Crippen LogP contribution in [0, 0.1) is 5.41 Å². The van der Waals surface area contributed by atoms with Crippen LogP contribution in [0.3, 0.4) is 0 Å². The van der Waals surface area contributed by atoms with E-state index in [9.17, 15) is 3.89 Å². The second-order valence-corrected chi connectivity index (χ2v) is 7.47. The molecule has 1 aromatic rings. The molecular formula is C17H25FN2S. The van der Waals surface area contributed by atoms with Gasteiger partial charge in [-0.15, -0.1) is 0 Å². The minimum Gasteiger partial charge on any atom is -0.372 e. The van der Waals surface area contributed by atoms with Crippen molar-refractivity contribution >= 4 is 17.8 Å². The number of allylic oxidation sites excluding steroid dienone is 1. The van der Waals surface area contributed by atoms with Crippen LogP contribution in [0.25, 0.3) is 0 Å². The first-order valence-corrected chi connectivity index (χ1v) is 8.17. The van der Waals surface area contributed by atoms with Crippen LogP contribution in [0.4, 0.5) is 9.57 Å². The number of benzene rings is 1. The second-order valence-electron chi connectivity index (χ2n) is 6.85. The van der Waals surface area contributed by atoms with Gasteiger partial charge in [0, 0.05) is 42.5 Å². The monoisotopic (exact) mass is 308 g/mol. The summed E-state index contributed by atoms with van der Waals surface area (Å²) in [6.45, 7) is 15.0. The van der Waals surface area contributed by atoms with Crippen LogP contribution in [-0.2, 0) is 0 Å². The molecule has 1 fully saturated rings. The number of rotatable bonds is 4. The van der Waals surface area contributed by atoms with E-state index in [0.717, 1.165) is 32.6 Å². The highest BCUT2D eigenvalue weighted by atomic mass is 32.2. The molecule has 21 heavy (non-hydrogen) atoms. The molecule has 1 saturated heterocycles. The zero-order valence-corrected chi connectivity index (χ0v) is 14.0. The van der Waals surface area contributed by atoms with Crippen LogP contribution in [0.15, 0.2) is 41.4 Å². The van der Waals surface area contributed by atoms with E-state index in [1.165, 1.54) is 11.4 Å². The Labute approximate surface area is 132 Å². The Bertz CT molecular complexity index is 471. The topological polar surface area (TPSA) is 6.48 Å². The van der Waals surface area contributed by atoms with Crippen LogP contribution in [-0.4, -0.2) is 31.1 Å². The summed E-state index contributed by atoms with van der Waals surface area (Å²) < 4.78 is 12.5. The molecule has 0 bridgehead atoms. The highest BCUT2D eigenvalue weighted by molar-refractivity contribution is 7.94. The van der Waals surface area contributed by atoms with E-state index in [-0.39, 0.29) is 5.41 Å². The minimum absolute atomic E-state index is 0.286. The number of hydrogen-bond acceptors (Lipinski definition) is 3. The average Bonchev–Trinajstić information content (AvgIpc) is 2.46. The normalized spacial score (nSPS) is 16.2. The van der Waals surface area contributed by atoms with Crippen molar-refractivity contribution in [1.29, 1.82) is 0 Å². The second kappa shape index (κ2) is 6.73. The molecule has 0 aliphatic carbocycles. The summed E-state index contributed by atoms with van der Waals surface area (Å²) in [6.07, 6.45) is 1.04. The van der Waals surface area contributed by atoms with Gasteiger partial charge in [0.1, 0.15) is 0 Å². The molecule has 0 aromatic heterocycles. The fraction of sp³-hybridized carbons (Fsp3) is 0.529. The van der Waals surface area contributed by atoms with Gasteiger partial charge in [-0.25, -0.2) is 0 Å². The lowest BCUT2D eigenvalue weighted by atomic mass is 9.90.